The molecule has 0 spiro atoms. The molecular weight excluding hydrogens is 330 g/mol. The Balaban J connectivity index is 1.78. The first-order valence-electron chi connectivity index (χ1n) is 7.24. The molecule has 1 heterocycles. The second kappa shape index (κ2) is 8.21. The van der Waals surface area contributed by atoms with Crippen LogP contribution in [0, 0.1) is 10.1 Å². The number of nitrogens with one attached hydrogen (secondary N) is 1. The molecule has 0 radical (unpaired) electrons. The second-order valence-corrected chi connectivity index (χ2v) is 6.33. The summed E-state index contributed by atoms with van der Waals surface area (Å²) in [5.74, 6) is 0.627. The minimum Gasteiger partial charge on any atom is -0.484 e. The van der Waals surface area contributed by atoms with E-state index in [4.69, 9.17) is 4.74 Å². The molecule has 0 unspecified atom stereocenters. The number of benzene rings is 1. The Hall–Kier alpha value is -2.74. The maximum atomic E-state index is 11.6. The van der Waals surface area contributed by atoms with E-state index in [-0.39, 0.29) is 11.6 Å². The van der Waals surface area contributed by atoms with Crippen LogP contribution < -0.4 is 10.2 Å². The number of carbonyl (C=O) groups is 1. The zero-order chi connectivity index (χ0) is 17.5. The van der Waals surface area contributed by atoms with Crippen LogP contribution in [0.1, 0.15) is 30.2 Å². The molecule has 0 bridgehead atoms. The highest BCUT2D eigenvalue weighted by molar-refractivity contribution is 7.16. The third-order valence-corrected chi connectivity index (χ3v) is 4.06. The van der Waals surface area contributed by atoms with Crippen LogP contribution in [0.2, 0.25) is 0 Å². The summed E-state index contributed by atoms with van der Waals surface area (Å²) in [4.78, 5) is 22.3. The fourth-order valence-electron chi connectivity index (χ4n) is 1.81. The lowest BCUT2D eigenvalue weighted by molar-refractivity contribution is -0.380. The van der Waals surface area contributed by atoms with E-state index in [1.54, 1.807) is 6.07 Å². The van der Waals surface area contributed by atoms with Gasteiger partial charge in [0.2, 0.25) is 0 Å². The number of hydrazone groups is 1. The van der Waals surface area contributed by atoms with Crippen LogP contribution in [0.25, 0.3) is 0 Å². The fourth-order valence-corrected chi connectivity index (χ4v) is 2.50. The molecule has 0 aliphatic heterocycles. The van der Waals surface area contributed by atoms with Gasteiger partial charge in [0.15, 0.2) is 6.61 Å². The van der Waals surface area contributed by atoms with E-state index in [2.05, 4.69) is 24.4 Å². The first-order valence-corrected chi connectivity index (χ1v) is 8.06. The van der Waals surface area contributed by atoms with Gasteiger partial charge in [-0.1, -0.05) is 37.3 Å². The molecule has 0 aliphatic rings. The highest BCUT2D eigenvalue weighted by atomic mass is 32.1. The Kier molecular flexibility index (Phi) is 6.02. The topological polar surface area (TPSA) is 93.8 Å². The first-order chi connectivity index (χ1) is 11.5. The molecule has 0 fully saturated rings. The summed E-state index contributed by atoms with van der Waals surface area (Å²) in [6.45, 7) is 4.04. The number of rotatable bonds is 7. The maximum absolute atomic E-state index is 11.6. The van der Waals surface area contributed by atoms with Crippen molar-refractivity contribution in [2.45, 2.75) is 19.8 Å². The van der Waals surface area contributed by atoms with Crippen molar-refractivity contribution in [1.82, 2.24) is 5.43 Å². The van der Waals surface area contributed by atoms with Crippen molar-refractivity contribution in [3.8, 4) is 5.75 Å². The normalized spacial score (nSPS) is 11.0. The lowest BCUT2D eigenvalue weighted by Gasteiger charge is -2.08. The summed E-state index contributed by atoms with van der Waals surface area (Å²) in [7, 11) is 0. The van der Waals surface area contributed by atoms with Gasteiger partial charge in [0.25, 0.3) is 5.91 Å². The summed E-state index contributed by atoms with van der Waals surface area (Å²) in [5, 5.41) is 14.3. The zero-order valence-electron chi connectivity index (χ0n) is 13.3. The predicted molar refractivity (Wildman–Crippen MR) is 92.7 cm³/mol. The Labute approximate surface area is 143 Å². The van der Waals surface area contributed by atoms with Gasteiger partial charge >= 0.3 is 5.00 Å². The predicted octanol–water partition coefficient (Wildman–Crippen LogP) is 3.31. The average molecular weight is 347 g/mol. The van der Waals surface area contributed by atoms with Gasteiger partial charge in [-0.05, 0) is 29.7 Å². The molecule has 0 atom stereocenters. The standard InChI is InChI=1S/C16H17N3O4S/c1-11(2)12-3-5-13(6-4-12)23-10-15(20)18-17-9-14-7-8-16(24-14)19(21)22/h3-9,11H,10H2,1-2H3,(H,18,20). The Morgan fingerprint density at radius 2 is 2.04 bits per heavy atom. The van der Waals surface area contributed by atoms with Crippen LogP contribution in [-0.2, 0) is 4.79 Å². The van der Waals surface area contributed by atoms with Gasteiger partial charge in [-0.3, -0.25) is 14.9 Å². The highest BCUT2D eigenvalue weighted by Gasteiger charge is 2.08. The van der Waals surface area contributed by atoms with Gasteiger partial charge < -0.3 is 4.74 Å². The molecule has 126 valence electrons. The minimum absolute atomic E-state index is 0.0240. The molecule has 1 N–H and O–H groups in total. The molecule has 0 aliphatic carbocycles. The molecule has 7 nitrogen and oxygen atoms in total. The molecule has 1 amide bonds. The van der Waals surface area contributed by atoms with Gasteiger partial charge in [0.05, 0.1) is 16.0 Å². The second-order valence-electron chi connectivity index (χ2n) is 5.24. The third-order valence-electron chi connectivity index (χ3n) is 3.09. The quantitative estimate of drug-likeness (QED) is 0.472. The highest BCUT2D eigenvalue weighted by Crippen LogP contribution is 2.22. The SMILES string of the molecule is CC(C)c1ccc(OCC(=O)NN=Cc2ccc([N+](=O)[O-])s2)cc1. The number of hydrogen-bond donors (Lipinski definition) is 1. The van der Waals surface area contributed by atoms with Crippen molar-refractivity contribution in [1.29, 1.82) is 0 Å². The van der Waals surface area contributed by atoms with E-state index >= 15 is 0 Å². The van der Waals surface area contributed by atoms with E-state index in [9.17, 15) is 14.9 Å². The van der Waals surface area contributed by atoms with Crippen molar-refractivity contribution < 1.29 is 14.5 Å². The summed E-state index contributed by atoms with van der Waals surface area (Å²) >= 11 is 0.976. The summed E-state index contributed by atoms with van der Waals surface area (Å²) < 4.78 is 5.37. The first kappa shape index (κ1) is 17.6. The van der Waals surface area contributed by atoms with Gasteiger partial charge in [0, 0.05) is 6.07 Å². The zero-order valence-corrected chi connectivity index (χ0v) is 14.1. The molecular formula is C16H17N3O4S. The molecule has 24 heavy (non-hydrogen) atoms. The lowest BCUT2D eigenvalue weighted by Crippen LogP contribution is -2.24. The molecule has 8 heteroatoms. The Bertz CT molecular complexity index is 738. The summed E-state index contributed by atoms with van der Waals surface area (Å²) in [6.07, 6.45) is 1.35. The number of ether oxygens (including phenoxy) is 1. The number of amides is 1. The molecule has 0 saturated carbocycles. The summed E-state index contributed by atoms with van der Waals surface area (Å²) in [5.41, 5.74) is 3.51. The van der Waals surface area contributed by atoms with Crippen molar-refractivity contribution in [2.24, 2.45) is 5.10 Å². The monoisotopic (exact) mass is 347 g/mol. The number of nitrogens with zero attached hydrogens (tertiary/aromatic N) is 2. The number of thiophene rings is 1. The van der Waals surface area contributed by atoms with E-state index in [1.807, 2.05) is 24.3 Å². The van der Waals surface area contributed by atoms with E-state index in [1.165, 1.54) is 17.8 Å². The smallest absolute Gasteiger partial charge is 0.324 e. The van der Waals surface area contributed by atoms with Crippen molar-refractivity contribution in [3.05, 3.63) is 57.0 Å². The van der Waals surface area contributed by atoms with Gasteiger partial charge in [-0.2, -0.15) is 5.10 Å². The van der Waals surface area contributed by atoms with Gasteiger partial charge in [-0.25, -0.2) is 5.43 Å². The van der Waals surface area contributed by atoms with Crippen molar-refractivity contribution >= 4 is 28.5 Å². The molecule has 2 rings (SSSR count). The molecule has 0 saturated heterocycles. The number of carbonyl (C=O) groups excluding carboxylic acids is 1. The number of nitro groups is 1. The Morgan fingerprint density at radius 1 is 1.33 bits per heavy atom. The number of hydrogen-bond acceptors (Lipinski definition) is 6. The van der Waals surface area contributed by atoms with Crippen LogP contribution in [0.15, 0.2) is 41.5 Å². The van der Waals surface area contributed by atoms with Crippen molar-refractivity contribution in [3.63, 3.8) is 0 Å². The molecule has 2 aromatic rings. The van der Waals surface area contributed by atoms with E-state index in [0.29, 0.717) is 16.5 Å². The lowest BCUT2D eigenvalue weighted by atomic mass is 10.0. The van der Waals surface area contributed by atoms with Crippen molar-refractivity contribution in [2.75, 3.05) is 6.61 Å². The van der Waals surface area contributed by atoms with Gasteiger partial charge in [-0.15, -0.1) is 0 Å². The van der Waals surface area contributed by atoms with Crippen LogP contribution in [0.5, 0.6) is 5.75 Å². The van der Waals surface area contributed by atoms with Crippen LogP contribution in [0.3, 0.4) is 0 Å². The van der Waals surface area contributed by atoms with E-state index in [0.717, 1.165) is 11.3 Å². The molecule has 1 aromatic carbocycles. The fraction of sp³-hybridized carbons (Fsp3) is 0.250. The largest absolute Gasteiger partial charge is 0.484 e. The van der Waals surface area contributed by atoms with Crippen LogP contribution >= 0.6 is 11.3 Å². The van der Waals surface area contributed by atoms with Gasteiger partial charge in [0.1, 0.15) is 5.75 Å². The Morgan fingerprint density at radius 3 is 2.62 bits per heavy atom. The van der Waals surface area contributed by atoms with Crippen LogP contribution in [0.4, 0.5) is 5.00 Å². The van der Waals surface area contributed by atoms with Crippen LogP contribution in [-0.4, -0.2) is 23.7 Å². The summed E-state index contributed by atoms with van der Waals surface area (Å²) in [6, 6.07) is 10.5. The maximum Gasteiger partial charge on any atom is 0.324 e. The van der Waals surface area contributed by atoms with E-state index < -0.39 is 10.8 Å². The minimum atomic E-state index is -0.473. The third kappa shape index (κ3) is 5.17. The molecule has 1 aromatic heterocycles. The average Bonchev–Trinajstić information content (AvgIpc) is 3.02.